The zero-order valence-corrected chi connectivity index (χ0v) is 16.8. The average Bonchev–Trinajstić information content (AvgIpc) is 3.27. The highest BCUT2D eigenvalue weighted by Gasteiger charge is 2.46. The molecule has 7 heteroatoms. The summed E-state index contributed by atoms with van der Waals surface area (Å²) in [7, 11) is 0. The van der Waals surface area contributed by atoms with Crippen LogP contribution in [0.3, 0.4) is 0 Å². The summed E-state index contributed by atoms with van der Waals surface area (Å²) in [6.45, 7) is 3.75. The van der Waals surface area contributed by atoms with E-state index in [0.717, 1.165) is 70.8 Å². The summed E-state index contributed by atoms with van der Waals surface area (Å²) in [4.78, 5) is 31.2. The van der Waals surface area contributed by atoms with Gasteiger partial charge in [0.2, 0.25) is 11.8 Å². The normalized spacial score (nSPS) is 25.8. The predicted octanol–water partition coefficient (Wildman–Crippen LogP) is 2.93. The van der Waals surface area contributed by atoms with Gasteiger partial charge in [0, 0.05) is 49.8 Å². The minimum atomic E-state index is -0.566. The molecule has 0 N–H and O–H groups in total. The maximum absolute atomic E-state index is 14.0. The largest absolute Gasteiger partial charge is 0.341 e. The number of hydrogen-bond acceptors (Lipinski definition) is 3. The Bertz CT molecular complexity index is 781. The molecule has 158 valence electrons. The molecule has 3 aliphatic heterocycles. The first-order chi connectivity index (χ1) is 14.0. The Kier molecular flexibility index (Phi) is 5.86. The molecule has 1 spiro atoms. The van der Waals surface area contributed by atoms with Crippen LogP contribution in [0.2, 0.25) is 0 Å². The number of rotatable bonds is 4. The quantitative estimate of drug-likeness (QED) is 0.774. The van der Waals surface area contributed by atoms with Crippen LogP contribution in [0.4, 0.5) is 8.78 Å². The van der Waals surface area contributed by atoms with Gasteiger partial charge in [-0.1, -0.05) is 6.07 Å². The van der Waals surface area contributed by atoms with Gasteiger partial charge in [0.1, 0.15) is 18.2 Å². The molecule has 3 heterocycles. The molecule has 0 radical (unpaired) electrons. The molecular weight excluding hydrogens is 376 g/mol. The second-order valence-electron chi connectivity index (χ2n) is 8.66. The molecule has 0 bridgehead atoms. The highest BCUT2D eigenvalue weighted by atomic mass is 19.1. The molecule has 29 heavy (non-hydrogen) atoms. The molecule has 3 aliphatic rings. The first-order valence-electron chi connectivity index (χ1n) is 10.7. The van der Waals surface area contributed by atoms with Crippen molar-refractivity contribution in [3.05, 3.63) is 35.4 Å². The van der Waals surface area contributed by atoms with Crippen LogP contribution < -0.4 is 0 Å². The van der Waals surface area contributed by atoms with Crippen molar-refractivity contribution in [3.8, 4) is 0 Å². The molecule has 2 amide bonds. The molecule has 0 aromatic heterocycles. The number of carbonyl (C=O) groups is 2. The zero-order valence-electron chi connectivity index (χ0n) is 16.8. The topological polar surface area (TPSA) is 43.9 Å². The third-order valence-electron chi connectivity index (χ3n) is 6.85. The van der Waals surface area contributed by atoms with Gasteiger partial charge in [-0.3, -0.25) is 14.5 Å². The van der Waals surface area contributed by atoms with Crippen LogP contribution in [0.1, 0.15) is 50.5 Å². The highest BCUT2D eigenvalue weighted by Crippen LogP contribution is 2.39. The van der Waals surface area contributed by atoms with Gasteiger partial charge in [-0.15, -0.1) is 0 Å². The highest BCUT2D eigenvalue weighted by molar-refractivity contribution is 5.87. The van der Waals surface area contributed by atoms with Gasteiger partial charge in [-0.2, -0.15) is 0 Å². The lowest BCUT2D eigenvalue weighted by molar-refractivity contribution is -0.141. The van der Waals surface area contributed by atoms with Gasteiger partial charge in [-0.25, -0.2) is 8.78 Å². The van der Waals surface area contributed by atoms with E-state index in [0.29, 0.717) is 18.5 Å². The van der Waals surface area contributed by atoms with Crippen LogP contribution >= 0.6 is 0 Å². The van der Waals surface area contributed by atoms with Crippen molar-refractivity contribution in [1.29, 1.82) is 0 Å². The van der Waals surface area contributed by atoms with Crippen molar-refractivity contribution < 1.29 is 18.4 Å². The van der Waals surface area contributed by atoms with Crippen LogP contribution in [0.25, 0.3) is 0 Å². The lowest BCUT2D eigenvalue weighted by Gasteiger charge is -2.38. The molecule has 1 unspecified atom stereocenters. The van der Waals surface area contributed by atoms with Gasteiger partial charge in [-0.05, 0) is 51.1 Å². The molecule has 1 aromatic rings. The summed E-state index contributed by atoms with van der Waals surface area (Å²) >= 11 is 0. The van der Waals surface area contributed by atoms with Crippen molar-refractivity contribution in [2.24, 2.45) is 0 Å². The van der Waals surface area contributed by atoms with E-state index in [1.54, 1.807) is 0 Å². The van der Waals surface area contributed by atoms with E-state index in [4.69, 9.17) is 0 Å². The Labute approximate surface area is 170 Å². The fraction of sp³-hybridized carbons (Fsp3) is 0.636. The van der Waals surface area contributed by atoms with Crippen LogP contribution in [-0.4, -0.2) is 64.8 Å². The van der Waals surface area contributed by atoms with Crippen molar-refractivity contribution in [1.82, 2.24) is 14.7 Å². The molecule has 5 nitrogen and oxygen atoms in total. The smallest absolute Gasteiger partial charge is 0.242 e. The summed E-state index contributed by atoms with van der Waals surface area (Å²) in [6, 6.07) is 3.72. The first-order valence-corrected chi connectivity index (χ1v) is 10.7. The number of nitrogens with zero attached hydrogens (tertiary/aromatic N) is 3. The number of carbonyl (C=O) groups excluding carboxylic acids is 2. The summed E-state index contributed by atoms with van der Waals surface area (Å²) < 4.78 is 27.2. The summed E-state index contributed by atoms with van der Waals surface area (Å²) in [5, 5.41) is 0. The second-order valence-corrected chi connectivity index (χ2v) is 8.66. The van der Waals surface area contributed by atoms with Gasteiger partial charge < -0.3 is 9.80 Å². The third kappa shape index (κ3) is 4.29. The van der Waals surface area contributed by atoms with Crippen LogP contribution in [0.5, 0.6) is 0 Å². The average molecular weight is 405 g/mol. The standard InChI is InChI=1S/C22H29F2N3O2/c23-18-5-4-17(19(24)14-18)15-25-10-3-7-22(9-13-25)8-6-20(28)27(22)16-21(29)26-11-1-2-12-26/h4-5,14H,1-3,6-13,15-16H2. The fourth-order valence-electron chi connectivity index (χ4n) is 5.14. The van der Waals surface area contributed by atoms with E-state index in [1.165, 1.54) is 12.1 Å². The number of hydrogen-bond donors (Lipinski definition) is 0. The zero-order chi connectivity index (χ0) is 20.4. The van der Waals surface area contributed by atoms with Gasteiger partial charge >= 0.3 is 0 Å². The van der Waals surface area contributed by atoms with E-state index < -0.39 is 11.6 Å². The summed E-state index contributed by atoms with van der Waals surface area (Å²) in [5.74, 6) is -0.941. The molecule has 4 rings (SSSR count). The first kappa shape index (κ1) is 20.3. The minimum Gasteiger partial charge on any atom is -0.341 e. The van der Waals surface area contributed by atoms with Crippen molar-refractivity contribution in [2.75, 3.05) is 32.7 Å². The molecule has 1 atom stereocenters. The van der Waals surface area contributed by atoms with Gasteiger partial charge in [0.25, 0.3) is 0 Å². The van der Waals surface area contributed by atoms with E-state index in [-0.39, 0.29) is 23.9 Å². The lowest BCUT2D eigenvalue weighted by atomic mass is 9.87. The Morgan fingerprint density at radius 1 is 1.00 bits per heavy atom. The summed E-state index contributed by atoms with van der Waals surface area (Å²) in [6.07, 6.45) is 5.92. The monoisotopic (exact) mass is 405 g/mol. The van der Waals surface area contributed by atoms with Gasteiger partial charge in [0.15, 0.2) is 0 Å². The van der Waals surface area contributed by atoms with E-state index in [9.17, 15) is 18.4 Å². The van der Waals surface area contributed by atoms with Crippen LogP contribution in [0, 0.1) is 11.6 Å². The molecule has 0 saturated carbocycles. The van der Waals surface area contributed by atoms with E-state index >= 15 is 0 Å². The van der Waals surface area contributed by atoms with Crippen LogP contribution in [0.15, 0.2) is 18.2 Å². The Hall–Kier alpha value is -2.02. The number of amides is 2. The van der Waals surface area contributed by atoms with Crippen molar-refractivity contribution >= 4 is 11.8 Å². The van der Waals surface area contributed by atoms with Crippen molar-refractivity contribution in [3.63, 3.8) is 0 Å². The Balaban J connectivity index is 1.42. The fourth-order valence-corrected chi connectivity index (χ4v) is 5.14. The molecular formula is C22H29F2N3O2. The third-order valence-corrected chi connectivity index (χ3v) is 6.85. The van der Waals surface area contributed by atoms with Crippen LogP contribution in [-0.2, 0) is 16.1 Å². The molecule has 3 fully saturated rings. The number of benzene rings is 1. The Morgan fingerprint density at radius 2 is 1.79 bits per heavy atom. The van der Waals surface area contributed by atoms with E-state index in [2.05, 4.69) is 4.90 Å². The number of likely N-dealkylation sites (tertiary alicyclic amines) is 3. The number of halogens is 2. The molecule has 3 saturated heterocycles. The lowest BCUT2D eigenvalue weighted by Crippen LogP contribution is -2.51. The maximum atomic E-state index is 14.0. The van der Waals surface area contributed by atoms with Crippen molar-refractivity contribution in [2.45, 2.75) is 57.0 Å². The maximum Gasteiger partial charge on any atom is 0.242 e. The summed E-state index contributed by atoms with van der Waals surface area (Å²) in [5.41, 5.74) is 0.230. The Morgan fingerprint density at radius 3 is 2.55 bits per heavy atom. The molecule has 0 aliphatic carbocycles. The minimum absolute atomic E-state index is 0.0617. The van der Waals surface area contributed by atoms with Gasteiger partial charge in [0.05, 0.1) is 0 Å². The second kappa shape index (κ2) is 8.38. The van der Waals surface area contributed by atoms with E-state index in [1.807, 2.05) is 9.80 Å². The molecule has 1 aromatic carbocycles. The predicted molar refractivity (Wildman–Crippen MR) is 105 cm³/mol. The SMILES string of the molecule is O=C(CN1C(=O)CCC12CCCN(Cc1ccc(F)cc1F)CC2)N1CCCC1.